The topological polar surface area (TPSA) is 41.1 Å². The highest BCUT2D eigenvalue weighted by Gasteiger charge is 2.53. The van der Waals surface area contributed by atoms with E-state index in [2.05, 4.69) is 10.6 Å². The first-order valence-electron chi connectivity index (χ1n) is 7.82. The lowest BCUT2D eigenvalue weighted by Gasteiger charge is -2.41. The smallest absolute Gasteiger partial charge is 0.237 e. The van der Waals surface area contributed by atoms with Gasteiger partial charge in [0.15, 0.2) is 11.6 Å². The molecule has 6 heteroatoms. The summed E-state index contributed by atoms with van der Waals surface area (Å²) in [7, 11) is 0. The number of benzene rings is 2. The van der Waals surface area contributed by atoms with Crippen LogP contribution in [0.25, 0.3) is 0 Å². The van der Waals surface area contributed by atoms with E-state index in [4.69, 9.17) is 11.6 Å². The first kappa shape index (κ1) is 15.5. The van der Waals surface area contributed by atoms with Crippen LogP contribution in [0.1, 0.15) is 30.0 Å². The molecule has 0 aromatic heterocycles. The van der Waals surface area contributed by atoms with Gasteiger partial charge in [-0.25, -0.2) is 8.78 Å². The molecule has 2 heterocycles. The van der Waals surface area contributed by atoms with E-state index < -0.39 is 23.1 Å². The lowest BCUT2D eigenvalue weighted by Crippen LogP contribution is -2.50. The van der Waals surface area contributed by atoms with Gasteiger partial charge in [-0.3, -0.25) is 4.79 Å². The van der Waals surface area contributed by atoms with Crippen molar-refractivity contribution < 1.29 is 13.6 Å². The van der Waals surface area contributed by atoms with E-state index in [0.717, 1.165) is 18.1 Å². The maximum atomic E-state index is 13.7. The number of piperidine rings is 1. The Labute approximate surface area is 143 Å². The highest BCUT2D eigenvalue weighted by Crippen LogP contribution is 2.51. The Bertz CT molecular complexity index is 842. The lowest BCUT2D eigenvalue weighted by atomic mass is 9.67. The van der Waals surface area contributed by atoms with Crippen LogP contribution in [-0.2, 0) is 10.2 Å². The van der Waals surface area contributed by atoms with Gasteiger partial charge in [0.1, 0.15) is 0 Å². The molecule has 1 fully saturated rings. The van der Waals surface area contributed by atoms with Crippen LogP contribution in [-0.4, -0.2) is 12.5 Å². The van der Waals surface area contributed by atoms with E-state index in [-0.39, 0.29) is 5.91 Å². The summed E-state index contributed by atoms with van der Waals surface area (Å²) >= 11 is 6.03. The number of rotatable bonds is 1. The number of nitrogens with one attached hydrogen (secondary N) is 2. The summed E-state index contributed by atoms with van der Waals surface area (Å²) in [5, 5.41) is 6.75. The molecule has 1 saturated heterocycles. The molecule has 4 rings (SSSR count). The predicted molar refractivity (Wildman–Crippen MR) is 88.1 cm³/mol. The van der Waals surface area contributed by atoms with Gasteiger partial charge in [0.2, 0.25) is 5.91 Å². The van der Waals surface area contributed by atoms with Gasteiger partial charge in [0.25, 0.3) is 0 Å². The fourth-order valence-corrected chi connectivity index (χ4v) is 4.10. The molecule has 0 radical (unpaired) electrons. The minimum Gasteiger partial charge on any atom is -0.325 e. The van der Waals surface area contributed by atoms with Crippen molar-refractivity contribution >= 4 is 23.2 Å². The molecule has 24 heavy (non-hydrogen) atoms. The molecule has 2 atom stereocenters. The van der Waals surface area contributed by atoms with Crippen molar-refractivity contribution in [2.75, 3.05) is 11.9 Å². The van der Waals surface area contributed by atoms with Gasteiger partial charge < -0.3 is 10.6 Å². The Hall–Kier alpha value is -1.98. The predicted octanol–water partition coefficient (Wildman–Crippen LogP) is 3.93. The largest absolute Gasteiger partial charge is 0.325 e. The molecule has 2 aliphatic heterocycles. The molecule has 0 aliphatic carbocycles. The normalized spacial score (nSPS) is 25.6. The number of carbonyl (C=O) groups is 1. The van der Waals surface area contributed by atoms with Crippen LogP contribution in [0.2, 0.25) is 5.02 Å². The molecular formula is C18H15ClF2N2O. The zero-order chi connectivity index (χ0) is 16.9. The van der Waals surface area contributed by atoms with Gasteiger partial charge in [-0.05, 0) is 54.8 Å². The van der Waals surface area contributed by atoms with Crippen LogP contribution in [0.5, 0.6) is 0 Å². The number of carbonyl (C=O) groups excluding carboxylic acids is 1. The molecule has 1 spiro atoms. The first-order chi connectivity index (χ1) is 11.5. The molecule has 2 aliphatic rings. The van der Waals surface area contributed by atoms with Crippen LogP contribution in [0.4, 0.5) is 14.5 Å². The van der Waals surface area contributed by atoms with Crippen LogP contribution in [0.15, 0.2) is 36.4 Å². The van der Waals surface area contributed by atoms with Gasteiger partial charge in [0.05, 0.1) is 11.5 Å². The standard InChI is InChI=1S/C18H15ClF2N2O/c19-11-3-4-12-15(9-11)23-17(24)18(12)6-1-7-22-16(18)10-2-5-13(20)14(21)8-10/h2-5,8-9,16,22H,1,6-7H2,(H,23,24)/t16-,18-/m1/s1. The molecule has 2 N–H and O–H groups in total. The number of anilines is 1. The highest BCUT2D eigenvalue weighted by molar-refractivity contribution is 6.31. The zero-order valence-electron chi connectivity index (χ0n) is 12.7. The third-order valence-electron chi connectivity index (χ3n) is 4.98. The Morgan fingerprint density at radius 2 is 1.96 bits per heavy atom. The molecule has 2 aromatic rings. The third kappa shape index (κ3) is 2.15. The van der Waals surface area contributed by atoms with Crippen LogP contribution in [0.3, 0.4) is 0 Å². The van der Waals surface area contributed by atoms with E-state index in [1.165, 1.54) is 12.1 Å². The van der Waals surface area contributed by atoms with Crippen molar-refractivity contribution in [3.63, 3.8) is 0 Å². The fourth-order valence-electron chi connectivity index (χ4n) is 3.93. The van der Waals surface area contributed by atoms with Crippen LogP contribution < -0.4 is 10.6 Å². The van der Waals surface area contributed by atoms with Crippen molar-refractivity contribution in [2.45, 2.75) is 24.3 Å². The Morgan fingerprint density at radius 3 is 2.75 bits per heavy atom. The summed E-state index contributed by atoms with van der Waals surface area (Å²) in [6.07, 6.45) is 1.44. The monoisotopic (exact) mass is 348 g/mol. The maximum Gasteiger partial charge on any atom is 0.237 e. The summed E-state index contributed by atoms with van der Waals surface area (Å²) in [4.78, 5) is 12.9. The van der Waals surface area contributed by atoms with E-state index in [9.17, 15) is 13.6 Å². The van der Waals surface area contributed by atoms with Crippen molar-refractivity contribution in [3.8, 4) is 0 Å². The summed E-state index contributed by atoms with van der Waals surface area (Å²) in [5.74, 6) is -1.95. The van der Waals surface area contributed by atoms with Crippen LogP contribution >= 0.6 is 11.6 Å². The molecule has 124 valence electrons. The van der Waals surface area contributed by atoms with E-state index in [1.807, 2.05) is 6.07 Å². The fraction of sp³-hybridized carbons (Fsp3) is 0.278. The summed E-state index contributed by atoms with van der Waals surface area (Å²) in [5.41, 5.74) is 1.25. The van der Waals surface area contributed by atoms with Crippen molar-refractivity contribution in [3.05, 3.63) is 64.2 Å². The second-order valence-corrected chi connectivity index (χ2v) is 6.72. The molecule has 1 amide bonds. The number of hydrogen-bond donors (Lipinski definition) is 2. The average Bonchev–Trinajstić information content (AvgIpc) is 2.82. The second kappa shape index (κ2) is 5.53. The minimum atomic E-state index is -0.912. The van der Waals surface area contributed by atoms with Gasteiger partial charge in [-0.1, -0.05) is 23.7 Å². The van der Waals surface area contributed by atoms with Crippen LogP contribution in [0, 0.1) is 11.6 Å². The van der Waals surface area contributed by atoms with E-state index in [0.29, 0.717) is 29.2 Å². The lowest BCUT2D eigenvalue weighted by molar-refractivity contribution is -0.123. The summed E-state index contributed by atoms with van der Waals surface area (Å²) in [6, 6.07) is 8.69. The van der Waals surface area contributed by atoms with Crippen molar-refractivity contribution in [1.29, 1.82) is 0 Å². The number of hydrogen-bond acceptors (Lipinski definition) is 2. The minimum absolute atomic E-state index is 0.137. The first-order valence-corrected chi connectivity index (χ1v) is 8.20. The SMILES string of the molecule is O=C1Nc2cc(Cl)ccc2[C@@]12CCCN[C@@H]2c1ccc(F)c(F)c1. The number of halogens is 3. The van der Waals surface area contributed by atoms with Crippen molar-refractivity contribution in [2.24, 2.45) is 0 Å². The summed E-state index contributed by atoms with van der Waals surface area (Å²) < 4.78 is 27.0. The molecule has 3 nitrogen and oxygen atoms in total. The Kier molecular flexibility index (Phi) is 3.58. The quantitative estimate of drug-likeness (QED) is 0.819. The molecule has 2 aromatic carbocycles. The molecular weight excluding hydrogens is 334 g/mol. The molecule has 0 bridgehead atoms. The third-order valence-corrected chi connectivity index (χ3v) is 5.22. The molecule has 0 unspecified atom stereocenters. The average molecular weight is 349 g/mol. The van der Waals surface area contributed by atoms with Crippen molar-refractivity contribution in [1.82, 2.24) is 5.32 Å². The molecule has 0 saturated carbocycles. The van der Waals surface area contributed by atoms with E-state index in [1.54, 1.807) is 12.1 Å². The number of amides is 1. The van der Waals surface area contributed by atoms with Gasteiger partial charge in [0, 0.05) is 10.7 Å². The van der Waals surface area contributed by atoms with Gasteiger partial charge in [-0.15, -0.1) is 0 Å². The highest BCUT2D eigenvalue weighted by atomic mass is 35.5. The van der Waals surface area contributed by atoms with E-state index >= 15 is 0 Å². The van der Waals surface area contributed by atoms with Gasteiger partial charge >= 0.3 is 0 Å². The maximum absolute atomic E-state index is 13.7. The summed E-state index contributed by atoms with van der Waals surface area (Å²) in [6.45, 7) is 0.710. The second-order valence-electron chi connectivity index (χ2n) is 6.28. The number of fused-ring (bicyclic) bond motifs is 2. The Balaban J connectivity index is 1.88. The zero-order valence-corrected chi connectivity index (χ0v) is 13.5. The van der Waals surface area contributed by atoms with Gasteiger partial charge in [-0.2, -0.15) is 0 Å². The Morgan fingerprint density at radius 1 is 1.12 bits per heavy atom.